The number of amides is 1. The van der Waals surface area contributed by atoms with E-state index in [9.17, 15) is 4.79 Å². The molecule has 0 unspecified atom stereocenters. The molecule has 0 aliphatic carbocycles. The molecule has 0 saturated heterocycles. The molecule has 0 atom stereocenters. The molecule has 4 rings (SSSR count). The number of aliphatic imine (C=N–C) groups is 1. The number of amidine groups is 2. The molecular formula is C23H25N5OS. The highest BCUT2D eigenvalue weighted by molar-refractivity contribution is 8.26. The minimum atomic E-state index is -0.389. The van der Waals surface area contributed by atoms with Crippen LogP contribution in [-0.2, 0) is 4.79 Å². The molecule has 1 aromatic carbocycles. The summed E-state index contributed by atoms with van der Waals surface area (Å²) in [5.41, 5.74) is 5.52. The van der Waals surface area contributed by atoms with Crippen molar-refractivity contribution in [3.8, 4) is 5.69 Å². The van der Waals surface area contributed by atoms with Crippen molar-refractivity contribution in [1.29, 1.82) is 5.41 Å². The molecule has 3 heterocycles. The van der Waals surface area contributed by atoms with Gasteiger partial charge in [-0.3, -0.25) is 10.2 Å². The molecule has 2 aliphatic rings. The van der Waals surface area contributed by atoms with E-state index in [-0.39, 0.29) is 17.3 Å². The van der Waals surface area contributed by atoms with E-state index in [1.807, 2.05) is 26.0 Å². The zero-order valence-electron chi connectivity index (χ0n) is 17.9. The van der Waals surface area contributed by atoms with Crippen LogP contribution in [0.25, 0.3) is 11.8 Å². The van der Waals surface area contributed by atoms with Crippen LogP contribution in [0.1, 0.15) is 42.8 Å². The van der Waals surface area contributed by atoms with Crippen LogP contribution in [0.2, 0.25) is 0 Å². The smallest absolute Gasteiger partial charge is 0.283 e. The van der Waals surface area contributed by atoms with Crippen molar-refractivity contribution in [2.24, 2.45) is 16.0 Å². The lowest BCUT2D eigenvalue weighted by Crippen LogP contribution is -2.35. The van der Waals surface area contributed by atoms with E-state index in [0.29, 0.717) is 11.1 Å². The van der Waals surface area contributed by atoms with Crippen molar-refractivity contribution in [2.75, 3.05) is 0 Å². The van der Waals surface area contributed by atoms with E-state index in [0.717, 1.165) is 34.1 Å². The minimum Gasteiger partial charge on any atom is -0.318 e. The number of hydrazone groups is 1. The van der Waals surface area contributed by atoms with E-state index in [1.165, 1.54) is 22.3 Å². The van der Waals surface area contributed by atoms with Gasteiger partial charge in [0.05, 0.1) is 5.57 Å². The number of carbonyl (C=O) groups is 1. The van der Waals surface area contributed by atoms with E-state index in [1.54, 1.807) is 6.08 Å². The normalized spacial score (nSPS) is 17.7. The molecule has 0 fully saturated rings. The molecule has 6 nitrogen and oxygen atoms in total. The highest BCUT2D eigenvalue weighted by Crippen LogP contribution is 2.31. The fourth-order valence-corrected chi connectivity index (χ4v) is 4.81. The van der Waals surface area contributed by atoms with Gasteiger partial charge in [0.1, 0.15) is 5.04 Å². The molecule has 0 spiro atoms. The summed E-state index contributed by atoms with van der Waals surface area (Å²) in [5, 5.41) is 15.9. The third kappa shape index (κ3) is 3.65. The van der Waals surface area contributed by atoms with Gasteiger partial charge in [0, 0.05) is 23.5 Å². The summed E-state index contributed by atoms with van der Waals surface area (Å²) in [6, 6.07) is 10.3. The number of hydrogen-bond acceptors (Lipinski definition) is 4. The molecule has 2 aliphatic heterocycles. The standard InChI is InChI=1S/C23H25N5OS/c1-13(2)9-20-26-28-21(24)19(22(29)25-23(28)30-20)12-17-11-15(4)27(16(17)5)18-8-6-7-14(3)10-18/h6-8,10-13,24H,9H2,1-5H3/b19-12+,24-21?. The Bertz CT molecular complexity index is 1150. The van der Waals surface area contributed by atoms with Gasteiger partial charge in [-0.25, -0.2) is 0 Å². The number of hydrogen-bond donors (Lipinski definition) is 1. The second-order valence-corrected chi connectivity index (χ2v) is 9.15. The molecule has 0 saturated carbocycles. The Morgan fingerprint density at radius 1 is 1.20 bits per heavy atom. The van der Waals surface area contributed by atoms with E-state index >= 15 is 0 Å². The van der Waals surface area contributed by atoms with Gasteiger partial charge >= 0.3 is 0 Å². The monoisotopic (exact) mass is 419 g/mol. The molecular weight excluding hydrogens is 394 g/mol. The Kier molecular flexibility index (Phi) is 5.24. The molecule has 0 radical (unpaired) electrons. The number of benzene rings is 1. The van der Waals surface area contributed by atoms with Gasteiger partial charge in [0.2, 0.25) is 5.17 Å². The van der Waals surface area contributed by atoms with Crippen LogP contribution in [0, 0.1) is 32.1 Å². The van der Waals surface area contributed by atoms with Crippen LogP contribution in [0.4, 0.5) is 0 Å². The lowest BCUT2D eigenvalue weighted by molar-refractivity contribution is -0.114. The van der Waals surface area contributed by atoms with Gasteiger partial charge in [-0.2, -0.15) is 15.1 Å². The Balaban J connectivity index is 1.71. The second kappa shape index (κ2) is 7.72. The SMILES string of the molecule is Cc1cccc(-n2c(C)cc(/C=C3\C(=N)N4N=C(CC(C)C)SC4=NC3=O)c2C)c1. The quantitative estimate of drug-likeness (QED) is 0.703. The summed E-state index contributed by atoms with van der Waals surface area (Å²) in [5.74, 6) is 0.141. The summed E-state index contributed by atoms with van der Waals surface area (Å²) in [6.45, 7) is 10.4. The van der Waals surface area contributed by atoms with Gasteiger partial charge in [0.25, 0.3) is 5.91 Å². The largest absolute Gasteiger partial charge is 0.318 e. The van der Waals surface area contributed by atoms with Crippen LogP contribution in [-0.4, -0.2) is 31.5 Å². The van der Waals surface area contributed by atoms with Crippen LogP contribution >= 0.6 is 11.8 Å². The molecule has 0 bridgehead atoms. The minimum absolute atomic E-state index is 0.0802. The maximum atomic E-state index is 12.7. The lowest BCUT2D eigenvalue weighted by atomic mass is 10.1. The van der Waals surface area contributed by atoms with E-state index in [4.69, 9.17) is 5.41 Å². The van der Waals surface area contributed by atoms with Crippen LogP contribution < -0.4 is 0 Å². The lowest BCUT2D eigenvalue weighted by Gasteiger charge is -2.20. The third-order valence-electron chi connectivity index (χ3n) is 5.11. The second-order valence-electron chi connectivity index (χ2n) is 8.11. The van der Waals surface area contributed by atoms with Crippen LogP contribution in [0.15, 0.2) is 46.0 Å². The van der Waals surface area contributed by atoms with Gasteiger partial charge in [0.15, 0.2) is 5.84 Å². The molecule has 1 N–H and O–H groups in total. The summed E-state index contributed by atoms with van der Waals surface area (Å²) in [7, 11) is 0. The first-order valence-corrected chi connectivity index (χ1v) is 10.8. The van der Waals surface area contributed by atoms with Gasteiger partial charge in [-0.15, -0.1) is 0 Å². The van der Waals surface area contributed by atoms with Crippen molar-refractivity contribution >= 4 is 39.8 Å². The van der Waals surface area contributed by atoms with E-state index < -0.39 is 0 Å². The Morgan fingerprint density at radius 3 is 2.67 bits per heavy atom. The number of nitrogens with zero attached hydrogens (tertiary/aromatic N) is 4. The van der Waals surface area contributed by atoms with Crippen LogP contribution in [0.3, 0.4) is 0 Å². The van der Waals surface area contributed by atoms with E-state index in [2.05, 4.69) is 53.6 Å². The van der Waals surface area contributed by atoms with Gasteiger partial charge in [-0.1, -0.05) is 26.0 Å². The van der Waals surface area contributed by atoms with Crippen LogP contribution in [0.5, 0.6) is 0 Å². The van der Waals surface area contributed by atoms with Gasteiger partial charge in [-0.05, 0) is 73.9 Å². The van der Waals surface area contributed by atoms with Crippen molar-refractivity contribution in [3.63, 3.8) is 0 Å². The average molecular weight is 420 g/mol. The van der Waals surface area contributed by atoms with Gasteiger partial charge < -0.3 is 4.57 Å². The maximum Gasteiger partial charge on any atom is 0.283 e. The number of carbonyl (C=O) groups excluding carboxylic acids is 1. The zero-order valence-corrected chi connectivity index (χ0v) is 18.7. The molecule has 1 amide bonds. The third-order valence-corrected chi connectivity index (χ3v) is 6.04. The Labute approximate surface area is 180 Å². The molecule has 2 aromatic rings. The fourth-order valence-electron chi connectivity index (χ4n) is 3.72. The highest BCUT2D eigenvalue weighted by atomic mass is 32.2. The average Bonchev–Trinajstić information content (AvgIpc) is 3.18. The predicted octanol–water partition coefficient (Wildman–Crippen LogP) is 5.07. The first-order valence-electron chi connectivity index (χ1n) is 9.99. The Morgan fingerprint density at radius 2 is 1.97 bits per heavy atom. The number of aryl methyl sites for hydroxylation is 2. The number of aromatic nitrogens is 1. The highest BCUT2D eigenvalue weighted by Gasteiger charge is 2.35. The summed E-state index contributed by atoms with van der Waals surface area (Å²) >= 11 is 1.38. The number of nitrogens with one attached hydrogen (secondary N) is 1. The first-order chi connectivity index (χ1) is 14.2. The molecule has 30 heavy (non-hydrogen) atoms. The Hall–Kier alpha value is -2.93. The molecule has 7 heteroatoms. The number of thioether (sulfide) groups is 1. The first kappa shape index (κ1) is 20.3. The summed E-state index contributed by atoms with van der Waals surface area (Å²) in [6.07, 6.45) is 2.57. The number of fused-ring (bicyclic) bond motifs is 1. The molecule has 1 aromatic heterocycles. The maximum absolute atomic E-state index is 12.7. The predicted molar refractivity (Wildman–Crippen MR) is 124 cm³/mol. The molecule has 154 valence electrons. The zero-order chi connectivity index (χ0) is 21.6. The number of rotatable bonds is 4. The van der Waals surface area contributed by atoms with Crippen molar-refractivity contribution in [2.45, 2.75) is 41.0 Å². The van der Waals surface area contributed by atoms with Crippen molar-refractivity contribution in [3.05, 3.63) is 58.4 Å². The topological polar surface area (TPSA) is 73.8 Å². The summed E-state index contributed by atoms with van der Waals surface area (Å²) < 4.78 is 2.16. The fraction of sp³-hybridized carbons (Fsp3) is 0.304. The van der Waals surface area contributed by atoms with Crippen molar-refractivity contribution in [1.82, 2.24) is 9.58 Å². The summed E-state index contributed by atoms with van der Waals surface area (Å²) in [4.78, 5) is 16.9. The van der Waals surface area contributed by atoms with Crippen molar-refractivity contribution < 1.29 is 4.79 Å².